The summed E-state index contributed by atoms with van der Waals surface area (Å²) in [5, 5.41) is 4.56. The lowest BCUT2D eigenvalue weighted by atomic mass is 10.1. The third-order valence-corrected chi connectivity index (χ3v) is 5.13. The van der Waals surface area contributed by atoms with Gasteiger partial charge in [-0.3, -0.25) is 9.48 Å². The number of unbranched alkanes of at least 4 members (excludes halogenated alkanes) is 2. The van der Waals surface area contributed by atoms with Gasteiger partial charge in [0.15, 0.2) is 5.65 Å². The van der Waals surface area contributed by atoms with Crippen LogP contribution in [-0.4, -0.2) is 19.3 Å². The second-order valence-electron chi connectivity index (χ2n) is 7.02. The van der Waals surface area contributed by atoms with Crippen LogP contribution in [0.5, 0.6) is 0 Å². The molecule has 0 bridgehead atoms. The topological polar surface area (TPSA) is 81.6 Å². The van der Waals surface area contributed by atoms with Gasteiger partial charge in [-0.15, -0.1) is 0 Å². The Morgan fingerprint density at radius 2 is 1.96 bits per heavy atom. The minimum atomic E-state index is -0.0634. The molecule has 140 valence electrons. The molecule has 6 heteroatoms. The van der Waals surface area contributed by atoms with Gasteiger partial charge in [0.1, 0.15) is 0 Å². The molecule has 0 aliphatic rings. The number of benzene rings is 1. The second kappa shape index (κ2) is 7.31. The molecule has 3 heterocycles. The van der Waals surface area contributed by atoms with E-state index in [0.29, 0.717) is 23.1 Å². The average Bonchev–Trinajstić information content (AvgIpc) is 3.23. The number of fused-ring (bicyclic) bond motifs is 2. The zero-order valence-corrected chi connectivity index (χ0v) is 15.6. The summed E-state index contributed by atoms with van der Waals surface area (Å²) in [6, 6.07) is 10.2. The van der Waals surface area contributed by atoms with Crippen LogP contribution in [0.2, 0.25) is 0 Å². The number of nitrogens with zero attached hydrogens (tertiary/aromatic N) is 3. The summed E-state index contributed by atoms with van der Waals surface area (Å²) in [6.07, 6.45) is 7.91. The van der Waals surface area contributed by atoms with Crippen LogP contribution in [0.25, 0.3) is 21.9 Å². The maximum atomic E-state index is 12.9. The molecule has 0 saturated carbocycles. The maximum absolute atomic E-state index is 12.9. The van der Waals surface area contributed by atoms with E-state index < -0.39 is 0 Å². The summed E-state index contributed by atoms with van der Waals surface area (Å²) >= 11 is 0. The van der Waals surface area contributed by atoms with Gasteiger partial charge < -0.3 is 15.4 Å². The van der Waals surface area contributed by atoms with E-state index in [1.165, 1.54) is 18.4 Å². The van der Waals surface area contributed by atoms with Crippen molar-refractivity contribution in [2.45, 2.75) is 45.7 Å². The molecular formula is C21H25N5O. The number of hydrogen-bond acceptors (Lipinski definition) is 3. The zero-order chi connectivity index (χ0) is 18.8. The fourth-order valence-electron chi connectivity index (χ4n) is 3.59. The number of nitrogen functional groups attached to an aromatic ring is 1. The molecular weight excluding hydrogens is 338 g/mol. The van der Waals surface area contributed by atoms with Gasteiger partial charge in [-0.25, -0.2) is 4.98 Å². The average molecular weight is 363 g/mol. The predicted molar refractivity (Wildman–Crippen MR) is 110 cm³/mol. The van der Waals surface area contributed by atoms with E-state index in [9.17, 15) is 4.79 Å². The number of aromatic amines is 1. The Morgan fingerprint density at radius 3 is 2.74 bits per heavy atom. The van der Waals surface area contributed by atoms with E-state index >= 15 is 0 Å². The van der Waals surface area contributed by atoms with Crippen molar-refractivity contribution < 1.29 is 0 Å². The molecule has 4 aromatic rings. The van der Waals surface area contributed by atoms with Gasteiger partial charge in [-0.1, -0.05) is 50.1 Å². The Bertz CT molecular complexity index is 1120. The number of nitrogens with two attached hydrogens (primary N) is 1. The molecule has 1 aromatic carbocycles. The van der Waals surface area contributed by atoms with Crippen molar-refractivity contribution in [1.82, 2.24) is 19.3 Å². The van der Waals surface area contributed by atoms with Crippen molar-refractivity contribution in [2.24, 2.45) is 0 Å². The lowest BCUT2D eigenvalue weighted by Gasteiger charge is -2.04. The number of hydrogen-bond donors (Lipinski definition) is 2. The summed E-state index contributed by atoms with van der Waals surface area (Å²) in [7, 11) is 0. The van der Waals surface area contributed by atoms with Crippen molar-refractivity contribution in [3.05, 3.63) is 58.6 Å². The van der Waals surface area contributed by atoms with Crippen LogP contribution in [0, 0.1) is 0 Å². The third kappa shape index (κ3) is 3.23. The number of rotatable bonds is 7. The van der Waals surface area contributed by atoms with Gasteiger partial charge in [0, 0.05) is 25.5 Å². The first-order chi connectivity index (χ1) is 13.2. The van der Waals surface area contributed by atoms with E-state index in [0.717, 1.165) is 30.4 Å². The second-order valence-corrected chi connectivity index (χ2v) is 7.02. The normalized spacial score (nSPS) is 11.6. The molecule has 27 heavy (non-hydrogen) atoms. The molecule has 0 atom stereocenters. The van der Waals surface area contributed by atoms with E-state index in [1.807, 2.05) is 35.3 Å². The van der Waals surface area contributed by atoms with Crippen LogP contribution in [0.15, 0.2) is 47.5 Å². The van der Waals surface area contributed by atoms with E-state index in [2.05, 4.69) is 24.2 Å². The number of pyridine rings is 1. The number of H-pyrrole nitrogens is 1. The number of aryl methyl sites for hydroxylation is 3. The van der Waals surface area contributed by atoms with Crippen molar-refractivity contribution in [2.75, 3.05) is 5.73 Å². The molecule has 0 aliphatic carbocycles. The first kappa shape index (κ1) is 17.4. The largest absolute Gasteiger partial charge is 0.397 e. The lowest BCUT2D eigenvalue weighted by molar-refractivity contribution is 0.564. The maximum Gasteiger partial charge on any atom is 0.262 e. The van der Waals surface area contributed by atoms with Crippen molar-refractivity contribution >= 4 is 27.6 Å². The van der Waals surface area contributed by atoms with Crippen LogP contribution in [0.1, 0.15) is 31.7 Å². The van der Waals surface area contributed by atoms with Crippen molar-refractivity contribution in [1.29, 1.82) is 0 Å². The lowest BCUT2D eigenvalue weighted by Crippen LogP contribution is -2.16. The third-order valence-electron chi connectivity index (χ3n) is 5.13. The Kier molecular flexibility index (Phi) is 4.71. The van der Waals surface area contributed by atoms with Gasteiger partial charge >= 0.3 is 0 Å². The fraction of sp³-hybridized carbons (Fsp3) is 0.333. The quantitative estimate of drug-likeness (QED) is 0.491. The number of anilines is 1. The highest BCUT2D eigenvalue weighted by atomic mass is 16.1. The molecule has 3 N–H and O–H groups in total. The summed E-state index contributed by atoms with van der Waals surface area (Å²) in [5.41, 5.74) is 9.50. The molecule has 4 rings (SSSR count). The monoisotopic (exact) mass is 363 g/mol. The molecule has 6 nitrogen and oxygen atoms in total. The molecule has 0 aliphatic heterocycles. The SMILES string of the molecule is CCCCCn1[nH]cc2c(N)c3c(=O)n(CCc4ccccc4)cc3nc21. The standard InChI is InChI=1S/C21H25N5O/c1-2-3-7-11-26-20-16(13-23-26)19(22)18-17(24-20)14-25(21(18)27)12-10-15-8-5-4-6-9-15/h4-6,8-9,13-14,23H,2-3,7,10-12,22H2,1H3. The minimum Gasteiger partial charge on any atom is -0.397 e. The van der Waals surface area contributed by atoms with E-state index in [-0.39, 0.29) is 5.56 Å². The Labute approximate surface area is 157 Å². The predicted octanol–water partition coefficient (Wildman–Crippen LogP) is 3.69. The molecule has 0 fully saturated rings. The van der Waals surface area contributed by atoms with Crippen LogP contribution in [0.4, 0.5) is 5.69 Å². The molecule has 0 spiro atoms. The number of aromatic nitrogens is 4. The minimum absolute atomic E-state index is 0.0634. The molecule has 3 aromatic heterocycles. The van der Waals surface area contributed by atoms with E-state index in [1.54, 1.807) is 4.57 Å². The van der Waals surface area contributed by atoms with Crippen LogP contribution >= 0.6 is 0 Å². The summed E-state index contributed by atoms with van der Waals surface area (Å²) in [4.78, 5) is 17.6. The fourth-order valence-corrected chi connectivity index (χ4v) is 3.59. The van der Waals surface area contributed by atoms with Gasteiger partial charge in [0.25, 0.3) is 5.56 Å². The highest BCUT2D eigenvalue weighted by Crippen LogP contribution is 2.26. The molecule has 0 unspecified atom stereocenters. The van der Waals surface area contributed by atoms with Crippen molar-refractivity contribution in [3.8, 4) is 0 Å². The highest BCUT2D eigenvalue weighted by Gasteiger charge is 2.16. The summed E-state index contributed by atoms with van der Waals surface area (Å²) in [6.45, 7) is 3.67. The van der Waals surface area contributed by atoms with Gasteiger partial charge in [-0.2, -0.15) is 0 Å². The van der Waals surface area contributed by atoms with Gasteiger partial charge in [0.05, 0.1) is 22.0 Å². The van der Waals surface area contributed by atoms with Gasteiger partial charge in [-0.05, 0) is 18.4 Å². The Morgan fingerprint density at radius 1 is 1.15 bits per heavy atom. The Balaban J connectivity index is 1.69. The smallest absolute Gasteiger partial charge is 0.262 e. The summed E-state index contributed by atoms with van der Waals surface area (Å²) in [5.74, 6) is 0. The highest BCUT2D eigenvalue weighted by molar-refractivity contribution is 6.05. The molecule has 0 amide bonds. The Hall–Kier alpha value is -3.02. The van der Waals surface area contributed by atoms with Crippen molar-refractivity contribution in [3.63, 3.8) is 0 Å². The first-order valence-corrected chi connectivity index (χ1v) is 9.59. The summed E-state index contributed by atoms with van der Waals surface area (Å²) < 4.78 is 3.75. The zero-order valence-electron chi connectivity index (χ0n) is 15.6. The van der Waals surface area contributed by atoms with E-state index in [4.69, 9.17) is 10.7 Å². The van der Waals surface area contributed by atoms with Gasteiger partial charge in [0.2, 0.25) is 0 Å². The number of nitrogens with one attached hydrogen (secondary N) is 1. The van der Waals surface area contributed by atoms with Crippen LogP contribution in [-0.2, 0) is 19.5 Å². The molecule has 0 radical (unpaired) electrons. The molecule has 0 saturated heterocycles. The van der Waals surface area contributed by atoms with Crippen LogP contribution < -0.4 is 11.3 Å². The van der Waals surface area contributed by atoms with Crippen LogP contribution in [0.3, 0.4) is 0 Å². The first-order valence-electron chi connectivity index (χ1n) is 9.59.